The average molecular weight is 234 g/mol. The van der Waals surface area contributed by atoms with Crippen LogP contribution in [0, 0.1) is 0 Å². The third kappa shape index (κ3) is 2.62. The summed E-state index contributed by atoms with van der Waals surface area (Å²) in [6, 6.07) is 2.09. The van der Waals surface area contributed by atoms with Gasteiger partial charge in [0.2, 0.25) is 0 Å². The summed E-state index contributed by atoms with van der Waals surface area (Å²) < 4.78 is 0. The molecule has 2 heterocycles. The van der Waals surface area contributed by atoms with Crippen molar-refractivity contribution in [2.75, 3.05) is 0 Å². The van der Waals surface area contributed by atoms with Crippen molar-refractivity contribution in [1.82, 2.24) is 15.0 Å². The van der Waals surface area contributed by atoms with Gasteiger partial charge >= 0.3 is 0 Å². The van der Waals surface area contributed by atoms with Crippen molar-refractivity contribution in [3.63, 3.8) is 0 Å². The molecule has 0 saturated heterocycles. The molecule has 0 aliphatic carbocycles. The molecular formula is C11H14N4S. The van der Waals surface area contributed by atoms with E-state index in [1.165, 1.54) is 0 Å². The molecule has 1 unspecified atom stereocenters. The summed E-state index contributed by atoms with van der Waals surface area (Å²) in [5.74, 6) is 0.739. The van der Waals surface area contributed by atoms with E-state index in [0.29, 0.717) is 0 Å². The Balaban J connectivity index is 2.20. The fraction of sp³-hybridized carbons (Fsp3) is 0.364. The lowest BCUT2D eigenvalue weighted by Gasteiger charge is -2.07. The quantitative estimate of drug-likeness (QED) is 0.877. The minimum Gasteiger partial charge on any atom is -0.327 e. The zero-order valence-electron chi connectivity index (χ0n) is 9.13. The molecule has 0 radical (unpaired) electrons. The second-order valence-electron chi connectivity index (χ2n) is 3.61. The highest BCUT2D eigenvalue weighted by Crippen LogP contribution is 2.18. The first-order valence-corrected chi connectivity index (χ1v) is 6.14. The van der Waals surface area contributed by atoms with Crippen molar-refractivity contribution in [3.05, 3.63) is 29.7 Å². The van der Waals surface area contributed by atoms with Crippen LogP contribution in [-0.4, -0.2) is 21.0 Å². The lowest BCUT2D eigenvalue weighted by atomic mass is 10.1. The van der Waals surface area contributed by atoms with E-state index in [9.17, 15) is 0 Å². The van der Waals surface area contributed by atoms with E-state index in [1.807, 2.05) is 6.07 Å². The third-order valence-corrected chi connectivity index (χ3v) is 3.13. The number of nitrogens with zero attached hydrogens (tertiary/aromatic N) is 3. The SMILES string of the molecule is CCC(N)Cc1ccnc(-c2cncs2)n1. The van der Waals surface area contributed by atoms with E-state index in [1.54, 1.807) is 29.2 Å². The number of thiazole rings is 1. The van der Waals surface area contributed by atoms with Crippen LogP contribution in [-0.2, 0) is 6.42 Å². The van der Waals surface area contributed by atoms with Gasteiger partial charge in [-0.3, -0.25) is 4.98 Å². The molecule has 0 spiro atoms. The fourth-order valence-corrected chi connectivity index (χ4v) is 1.93. The maximum absolute atomic E-state index is 5.90. The average Bonchev–Trinajstić information content (AvgIpc) is 2.83. The molecule has 0 aliphatic rings. The Bertz CT molecular complexity index is 441. The molecule has 0 aromatic carbocycles. The van der Waals surface area contributed by atoms with E-state index < -0.39 is 0 Å². The molecular weight excluding hydrogens is 220 g/mol. The molecule has 16 heavy (non-hydrogen) atoms. The molecule has 4 nitrogen and oxygen atoms in total. The molecule has 0 bridgehead atoms. The predicted molar refractivity (Wildman–Crippen MR) is 65.1 cm³/mol. The largest absolute Gasteiger partial charge is 0.327 e. The number of hydrogen-bond acceptors (Lipinski definition) is 5. The molecule has 0 fully saturated rings. The Morgan fingerprint density at radius 2 is 2.38 bits per heavy atom. The van der Waals surface area contributed by atoms with Crippen LogP contribution >= 0.6 is 11.3 Å². The van der Waals surface area contributed by atoms with Gasteiger partial charge in [0.1, 0.15) is 0 Å². The lowest BCUT2D eigenvalue weighted by Crippen LogP contribution is -2.22. The molecule has 84 valence electrons. The van der Waals surface area contributed by atoms with E-state index in [4.69, 9.17) is 5.73 Å². The summed E-state index contributed by atoms with van der Waals surface area (Å²) in [4.78, 5) is 13.7. The number of hydrogen-bond donors (Lipinski definition) is 1. The Labute approximate surface area is 98.6 Å². The Morgan fingerprint density at radius 1 is 1.50 bits per heavy atom. The molecule has 5 heteroatoms. The minimum absolute atomic E-state index is 0.171. The number of nitrogens with two attached hydrogens (primary N) is 1. The summed E-state index contributed by atoms with van der Waals surface area (Å²) in [5.41, 5.74) is 8.68. The molecule has 0 aliphatic heterocycles. The Kier molecular flexibility index (Phi) is 3.58. The second kappa shape index (κ2) is 5.14. The van der Waals surface area contributed by atoms with Gasteiger partial charge in [-0.25, -0.2) is 9.97 Å². The Morgan fingerprint density at radius 3 is 3.06 bits per heavy atom. The fourth-order valence-electron chi connectivity index (χ4n) is 1.37. The van der Waals surface area contributed by atoms with Crippen molar-refractivity contribution in [2.45, 2.75) is 25.8 Å². The predicted octanol–water partition coefficient (Wildman–Crippen LogP) is 1.88. The van der Waals surface area contributed by atoms with Gasteiger partial charge in [-0.15, -0.1) is 11.3 Å². The normalized spacial score (nSPS) is 12.6. The molecule has 2 N–H and O–H groups in total. The topological polar surface area (TPSA) is 64.7 Å². The van der Waals surface area contributed by atoms with Crippen LogP contribution in [0.25, 0.3) is 10.7 Å². The van der Waals surface area contributed by atoms with Gasteiger partial charge in [0.05, 0.1) is 10.4 Å². The van der Waals surface area contributed by atoms with E-state index in [0.717, 1.165) is 29.2 Å². The molecule has 0 saturated carbocycles. The van der Waals surface area contributed by atoms with Crippen molar-refractivity contribution >= 4 is 11.3 Å². The summed E-state index contributed by atoms with van der Waals surface area (Å²) in [6.45, 7) is 2.08. The number of aromatic nitrogens is 3. The van der Waals surface area contributed by atoms with Crippen LogP contribution in [0.5, 0.6) is 0 Å². The zero-order valence-corrected chi connectivity index (χ0v) is 9.94. The van der Waals surface area contributed by atoms with Gasteiger partial charge in [-0.2, -0.15) is 0 Å². The van der Waals surface area contributed by atoms with Gasteiger partial charge < -0.3 is 5.73 Å². The van der Waals surface area contributed by atoms with Crippen molar-refractivity contribution in [1.29, 1.82) is 0 Å². The summed E-state index contributed by atoms with van der Waals surface area (Å²) in [6.07, 6.45) is 5.31. The molecule has 1 atom stereocenters. The van der Waals surface area contributed by atoms with E-state index in [2.05, 4.69) is 21.9 Å². The first-order valence-electron chi connectivity index (χ1n) is 5.26. The highest BCUT2D eigenvalue weighted by atomic mass is 32.1. The van der Waals surface area contributed by atoms with Gasteiger partial charge in [0.25, 0.3) is 0 Å². The monoisotopic (exact) mass is 234 g/mol. The highest BCUT2D eigenvalue weighted by molar-refractivity contribution is 7.13. The number of rotatable bonds is 4. The third-order valence-electron chi connectivity index (χ3n) is 2.36. The van der Waals surface area contributed by atoms with Crippen LogP contribution in [0.2, 0.25) is 0 Å². The van der Waals surface area contributed by atoms with Crippen LogP contribution in [0.1, 0.15) is 19.0 Å². The van der Waals surface area contributed by atoms with Crippen LogP contribution in [0.4, 0.5) is 0 Å². The zero-order chi connectivity index (χ0) is 11.4. The van der Waals surface area contributed by atoms with E-state index in [-0.39, 0.29) is 6.04 Å². The highest BCUT2D eigenvalue weighted by Gasteiger charge is 2.06. The molecule has 2 aromatic rings. The van der Waals surface area contributed by atoms with Crippen molar-refractivity contribution in [2.24, 2.45) is 5.73 Å². The van der Waals surface area contributed by atoms with Gasteiger partial charge in [0.15, 0.2) is 5.82 Å². The summed E-state index contributed by atoms with van der Waals surface area (Å²) in [5, 5.41) is 0. The summed E-state index contributed by atoms with van der Waals surface area (Å²) >= 11 is 1.54. The van der Waals surface area contributed by atoms with Crippen LogP contribution in [0.15, 0.2) is 24.0 Å². The first-order chi connectivity index (χ1) is 7.79. The Hall–Kier alpha value is -1.33. The van der Waals surface area contributed by atoms with Gasteiger partial charge in [-0.1, -0.05) is 6.92 Å². The maximum Gasteiger partial charge on any atom is 0.171 e. The van der Waals surface area contributed by atoms with Crippen LogP contribution < -0.4 is 5.73 Å². The van der Waals surface area contributed by atoms with Crippen LogP contribution in [0.3, 0.4) is 0 Å². The minimum atomic E-state index is 0.171. The van der Waals surface area contributed by atoms with Gasteiger partial charge in [0, 0.05) is 30.6 Å². The van der Waals surface area contributed by atoms with E-state index >= 15 is 0 Å². The van der Waals surface area contributed by atoms with Crippen molar-refractivity contribution in [3.8, 4) is 10.7 Å². The lowest BCUT2D eigenvalue weighted by molar-refractivity contribution is 0.636. The smallest absolute Gasteiger partial charge is 0.171 e. The molecule has 2 rings (SSSR count). The summed E-state index contributed by atoms with van der Waals surface area (Å²) in [7, 11) is 0. The standard InChI is InChI=1S/C11H14N4S/c1-2-8(12)5-9-3-4-14-11(15-9)10-6-13-7-16-10/h3-4,6-8H,2,5,12H2,1H3. The molecule has 0 amide bonds. The first kappa shape index (κ1) is 11.2. The second-order valence-corrected chi connectivity index (χ2v) is 4.50. The molecule has 2 aromatic heterocycles. The van der Waals surface area contributed by atoms with Gasteiger partial charge in [-0.05, 0) is 12.5 Å². The van der Waals surface area contributed by atoms with Crippen molar-refractivity contribution < 1.29 is 0 Å². The maximum atomic E-state index is 5.90.